The number of thiazole rings is 1. The average molecular weight is 332 g/mol. The highest BCUT2D eigenvalue weighted by Gasteiger charge is 2.20. The number of carbonyl (C=O) groups excluding carboxylic acids is 1. The Hall–Kier alpha value is -1.79. The van der Waals surface area contributed by atoms with E-state index in [0.29, 0.717) is 10.6 Å². The largest absolute Gasteiger partial charge is 0.298 e. The van der Waals surface area contributed by atoms with Gasteiger partial charge in [0.25, 0.3) is 5.91 Å². The number of amides is 1. The summed E-state index contributed by atoms with van der Waals surface area (Å²) in [6.07, 6.45) is 4.41. The summed E-state index contributed by atoms with van der Waals surface area (Å²) >= 11 is 2.97. The topological polar surface area (TPSA) is 42.0 Å². The van der Waals surface area contributed by atoms with E-state index in [4.69, 9.17) is 0 Å². The van der Waals surface area contributed by atoms with Gasteiger partial charge >= 0.3 is 0 Å². The van der Waals surface area contributed by atoms with Gasteiger partial charge in [-0.3, -0.25) is 10.1 Å². The van der Waals surface area contributed by atoms with Crippen LogP contribution in [0.3, 0.4) is 0 Å². The van der Waals surface area contributed by atoms with Gasteiger partial charge in [-0.1, -0.05) is 11.3 Å². The molecule has 1 aliphatic rings. The van der Waals surface area contributed by atoms with Crippen molar-refractivity contribution in [2.75, 3.05) is 5.32 Å². The van der Waals surface area contributed by atoms with Crippen LogP contribution in [0.1, 0.15) is 33.6 Å². The first-order valence-electron chi connectivity index (χ1n) is 7.17. The van der Waals surface area contributed by atoms with Crippen LogP contribution in [0.25, 0.3) is 10.2 Å². The number of carbonyl (C=O) groups is 1. The van der Waals surface area contributed by atoms with Gasteiger partial charge in [-0.2, -0.15) is 0 Å². The maximum absolute atomic E-state index is 13.2. The minimum absolute atomic E-state index is 0.112. The van der Waals surface area contributed by atoms with Crippen LogP contribution in [0.4, 0.5) is 9.52 Å². The summed E-state index contributed by atoms with van der Waals surface area (Å²) < 4.78 is 14.0. The molecule has 6 heteroatoms. The number of nitrogens with one attached hydrogen (secondary N) is 1. The number of halogens is 1. The van der Waals surface area contributed by atoms with Crippen molar-refractivity contribution in [1.29, 1.82) is 0 Å². The van der Waals surface area contributed by atoms with Gasteiger partial charge in [0.1, 0.15) is 5.82 Å². The molecule has 0 aliphatic heterocycles. The van der Waals surface area contributed by atoms with Crippen LogP contribution < -0.4 is 5.32 Å². The molecule has 3 aromatic rings. The lowest BCUT2D eigenvalue weighted by molar-refractivity contribution is 0.102. The van der Waals surface area contributed by atoms with Crippen LogP contribution >= 0.6 is 22.7 Å². The number of anilines is 1. The zero-order valence-electron chi connectivity index (χ0n) is 11.7. The number of nitrogens with zero attached hydrogens (tertiary/aromatic N) is 1. The molecule has 1 N–H and O–H groups in total. The third-order valence-electron chi connectivity index (χ3n) is 3.88. The smallest absolute Gasteiger partial charge is 0.258 e. The van der Waals surface area contributed by atoms with Crippen molar-refractivity contribution >= 4 is 43.9 Å². The summed E-state index contributed by atoms with van der Waals surface area (Å²) in [6, 6.07) is 4.45. The summed E-state index contributed by atoms with van der Waals surface area (Å²) in [7, 11) is 0. The maximum atomic E-state index is 13.2. The Bertz CT molecular complexity index is 868. The molecule has 0 saturated heterocycles. The summed E-state index contributed by atoms with van der Waals surface area (Å²) in [6.45, 7) is 0. The highest BCUT2D eigenvalue weighted by molar-refractivity contribution is 7.22. The molecule has 1 aliphatic carbocycles. The van der Waals surface area contributed by atoms with Gasteiger partial charge in [0.05, 0.1) is 15.8 Å². The number of hydrogen-bond donors (Lipinski definition) is 1. The van der Waals surface area contributed by atoms with Crippen LogP contribution in [0.5, 0.6) is 0 Å². The van der Waals surface area contributed by atoms with E-state index in [0.717, 1.165) is 29.5 Å². The third kappa shape index (κ3) is 2.42. The van der Waals surface area contributed by atoms with E-state index in [9.17, 15) is 9.18 Å². The van der Waals surface area contributed by atoms with Crippen molar-refractivity contribution in [3.05, 3.63) is 45.4 Å². The first-order chi connectivity index (χ1) is 10.7. The van der Waals surface area contributed by atoms with E-state index in [1.807, 2.05) is 5.38 Å². The van der Waals surface area contributed by atoms with Crippen LogP contribution in [0.2, 0.25) is 0 Å². The van der Waals surface area contributed by atoms with Crippen molar-refractivity contribution in [3.8, 4) is 0 Å². The van der Waals surface area contributed by atoms with Gasteiger partial charge in [0.2, 0.25) is 0 Å². The number of fused-ring (bicyclic) bond motifs is 2. The minimum atomic E-state index is -0.291. The monoisotopic (exact) mass is 332 g/mol. The van der Waals surface area contributed by atoms with Crippen molar-refractivity contribution in [3.63, 3.8) is 0 Å². The van der Waals surface area contributed by atoms with Gasteiger partial charge in [-0.25, -0.2) is 9.37 Å². The molecule has 0 radical (unpaired) electrons. The van der Waals surface area contributed by atoms with E-state index in [1.165, 1.54) is 40.3 Å². The normalized spacial score (nSPS) is 14.0. The molecule has 1 amide bonds. The molecule has 0 fully saturated rings. The van der Waals surface area contributed by atoms with Crippen molar-refractivity contribution in [1.82, 2.24) is 4.98 Å². The Balaban J connectivity index is 1.61. The second-order valence-electron chi connectivity index (χ2n) is 5.34. The molecule has 2 heterocycles. The van der Waals surface area contributed by atoms with Gasteiger partial charge in [0.15, 0.2) is 5.13 Å². The second-order valence-corrected chi connectivity index (χ2v) is 7.34. The number of aryl methyl sites for hydroxylation is 1. The molecule has 1 aromatic carbocycles. The van der Waals surface area contributed by atoms with Gasteiger partial charge in [0, 0.05) is 10.3 Å². The highest BCUT2D eigenvalue weighted by Crippen LogP contribution is 2.32. The predicted octanol–water partition coefficient (Wildman–Crippen LogP) is 4.63. The summed E-state index contributed by atoms with van der Waals surface area (Å²) in [4.78, 5) is 18.2. The Morgan fingerprint density at radius 2 is 2.14 bits per heavy atom. The van der Waals surface area contributed by atoms with Gasteiger partial charge in [-0.15, -0.1) is 11.3 Å². The number of hydrogen-bond acceptors (Lipinski definition) is 4. The molecule has 4 rings (SSSR count). The first-order valence-corrected chi connectivity index (χ1v) is 8.87. The predicted molar refractivity (Wildman–Crippen MR) is 88.5 cm³/mol. The number of rotatable bonds is 2. The summed E-state index contributed by atoms with van der Waals surface area (Å²) in [5.41, 5.74) is 2.67. The third-order valence-corrected chi connectivity index (χ3v) is 5.90. The standard InChI is InChI=1S/C16H13FN2OS2/c17-9-5-6-12-14(7-9)22-16(18-12)19-15(20)11-8-21-13-4-2-1-3-10(11)13/h5-8H,1-4H2,(H,18,19,20). The van der Waals surface area contributed by atoms with Crippen LogP contribution in [-0.2, 0) is 12.8 Å². The molecular weight excluding hydrogens is 319 g/mol. The number of aromatic nitrogens is 1. The molecule has 0 saturated carbocycles. The zero-order chi connectivity index (χ0) is 15.1. The lowest BCUT2D eigenvalue weighted by Crippen LogP contribution is -2.14. The van der Waals surface area contributed by atoms with Crippen molar-refractivity contribution in [2.24, 2.45) is 0 Å². The van der Waals surface area contributed by atoms with Crippen LogP contribution in [0.15, 0.2) is 23.6 Å². The molecule has 0 bridgehead atoms. The Morgan fingerprint density at radius 1 is 1.27 bits per heavy atom. The van der Waals surface area contributed by atoms with Crippen LogP contribution in [0, 0.1) is 5.82 Å². The first kappa shape index (κ1) is 13.8. The molecule has 0 unspecified atom stereocenters. The van der Waals surface area contributed by atoms with Crippen LogP contribution in [-0.4, -0.2) is 10.9 Å². The Kier molecular flexibility index (Phi) is 3.43. The highest BCUT2D eigenvalue weighted by atomic mass is 32.1. The fraction of sp³-hybridized carbons (Fsp3) is 0.250. The molecule has 2 aromatic heterocycles. The molecule has 112 valence electrons. The van der Waals surface area contributed by atoms with E-state index in [-0.39, 0.29) is 11.7 Å². The summed E-state index contributed by atoms with van der Waals surface area (Å²) in [5.74, 6) is -0.403. The van der Waals surface area contributed by atoms with Crippen molar-refractivity contribution < 1.29 is 9.18 Å². The number of benzene rings is 1. The molecule has 0 atom stereocenters. The maximum Gasteiger partial charge on any atom is 0.258 e. The average Bonchev–Trinajstić information content (AvgIpc) is 3.09. The zero-order valence-corrected chi connectivity index (χ0v) is 13.3. The van der Waals surface area contributed by atoms with Gasteiger partial charge < -0.3 is 0 Å². The van der Waals surface area contributed by atoms with E-state index >= 15 is 0 Å². The molecule has 22 heavy (non-hydrogen) atoms. The lowest BCUT2D eigenvalue weighted by atomic mass is 9.96. The van der Waals surface area contributed by atoms with E-state index < -0.39 is 0 Å². The fourth-order valence-electron chi connectivity index (χ4n) is 2.80. The van der Waals surface area contributed by atoms with Crippen molar-refractivity contribution in [2.45, 2.75) is 25.7 Å². The van der Waals surface area contributed by atoms with E-state index in [1.54, 1.807) is 17.4 Å². The minimum Gasteiger partial charge on any atom is -0.298 e. The molecule has 3 nitrogen and oxygen atoms in total. The molecule has 0 spiro atoms. The molecular formula is C16H13FN2OS2. The Morgan fingerprint density at radius 3 is 3.05 bits per heavy atom. The number of thiophene rings is 1. The quantitative estimate of drug-likeness (QED) is 0.743. The lowest BCUT2D eigenvalue weighted by Gasteiger charge is -2.12. The van der Waals surface area contributed by atoms with Gasteiger partial charge in [-0.05, 0) is 49.4 Å². The Labute approximate surface area is 134 Å². The van der Waals surface area contributed by atoms with E-state index in [2.05, 4.69) is 10.3 Å². The SMILES string of the molecule is O=C(Nc1nc2ccc(F)cc2s1)c1csc2c1CCCC2. The second kappa shape index (κ2) is 5.44. The summed E-state index contributed by atoms with van der Waals surface area (Å²) in [5, 5.41) is 5.31. The fourth-order valence-corrected chi connectivity index (χ4v) is 4.81.